The Hall–Kier alpha value is -3.13. The Labute approximate surface area is 134 Å². The van der Waals surface area contributed by atoms with Crippen molar-refractivity contribution in [2.75, 3.05) is 0 Å². The van der Waals surface area contributed by atoms with Crippen molar-refractivity contribution in [3.05, 3.63) is 53.0 Å². The van der Waals surface area contributed by atoms with Crippen LogP contribution in [0, 0.1) is 0 Å². The van der Waals surface area contributed by atoms with Crippen molar-refractivity contribution in [3.63, 3.8) is 0 Å². The molecule has 0 saturated heterocycles. The molecule has 3 rings (SSSR count). The second-order valence-corrected chi connectivity index (χ2v) is 5.54. The normalized spacial score (nSPS) is 11.0. The highest BCUT2D eigenvalue weighted by Gasteiger charge is 2.11. The summed E-state index contributed by atoms with van der Waals surface area (Å²) in [6.45, 7) is 0. The van der Waals surface area contributed by atoms with E-state index in [0.717, 1.165) is 10.6 Å². The third-order valence-corrected chi connectivity index (χ3v) is 3.88. The number of hydrogen-bond donors (Lipinski definition) is 4. The number of phenolic OH excluding ortho intramolecular Hbond substituents is 2. The number of phenols is 2. The molecule has 4 N–H and O–H groups in total. The topological polar surface area (TPSA) is 111 Å². The summed E-state index contributed by atoms with van der Waals surface area (Å²) in [5.41, 5.74) is 3.86. The van der Waals surface area contributed by atoms with E-state index in [9.17, 15) is 15.0 Å². The Kier molecular flexibility index (Phi) is 4.07. The predicted octanol–water partition coefficient (Wildman–Crippen LogP) is 2.31. The first-order valence-corrected chi connectivity index (χ1v) is 7.46. The number of aromatic amines is 1. The van der Waals surface area contributed by atoms with Gasteiger partial charge in [-0.05, 0) is 41.3 Å². The van der Waals surface area contributed by atoms with Gasteiger partial charge in [0.05, 0.1) is 16.8 Å². The van der Waals surface area contributed by atoms with Crippen LogP contribution < -0.4 is 5.43 Å². The van der Waals surface area contributed by atoms with Crippen LogP contribution in [-0.4, -0.2) is 32.5 Å². The van der Waals surface area contributed by atoms with Gasteiger partial charge >= 0.3 is 0 Å². The van der Waals surface area contributed by atoms with Gasteiger partial charge in [0, 0.05) is 0 Å². The van der Waals surface area contributed by atoms with E-state index in [2.05, 4.69) is 20.7 Å². The van der Waals surface area contributed by atoms with Crippen LogP contribution in [0.2, 0.25) is 0 Å². The first kappa shape index (κ1) is 14.8. The molecular weight excluding hydrogens is 316 g/mol. The molecule has 2 heterocycles. The van der Waals surface area contributed by atoms with Gasteiger partial charge in [-0.25, -0.2) is 5.43 Å². The predicted molar refractivity (Wildman–Crippen MR) is 86.7 cm³/mol. The summed E-state index contributed by atoms with van der Waals surface area (Å²) in [6, 6.07) is 9.69. The minimum absolute atomic E-state index is 0.219. The molecule has 0 aliphatic rings. The average Bonchev–Trinajstić information content (AvgIpc) is 3.20. The van der Waals surface area contributed by atoms with Crippen LogP contribution in [0.4, 0.5) is 0 Å². The van der Waals surface area contributed by atoms with Crippen LogP contribution in [0.25, 0.3) is 10.6 Å². The molecule has 1 amide bonds. The van der Waals surface area contributed by atoms with Crippen LogP contribution in [0.15, 0.2) is 46.9 Å². The number of hydrogen-bond acceptors (Lipinski definition) is 6. The fourth-order valence-corrected chi connectivity index (χ4v) is 2.53. The quantitative estimate of drug-likeness (QED) is 0.334. The fourth-order valence-electron chi connectivity index (χ4n) is 1.84. The number of hydrazone groups is 1. The number of carbonyl (C=O) groups excluding carboxylic acids is 1. The maximum absolute atomic E-state index is 11.9. The molecule has 0 radical (unpaired) electrons. The minimum Gasteiger partial charge on any atom is -0.504 e. The van der Waals surface area contributed by atoms with E-state index in [1.807, 2.05) is 17.5 Å². The number of benzene rings is 1. The SMILES string of the molecule is O=C(N/N=C/c1ccc(O)c(O)c1)c1cc(-c2cccs2)[nH]n1. The fraction of sp³-hybridized carbons (Fsp3) is 0. The summed E-state index contributed by atoms with van der Waals surface area (Å²) in [6.07, 6.45) is 1.35. The molecule has 116 valence electrons. The molecule has 0 fully saturated rings. The molecule has 0 saturated carbocycles. The van der Waals surface area contributed by atoms with Gasteiger partial charge in [0.1, 0.15) is 0 Å². The van der Waals surface area contributed by atoms with E-state index in [4.69, 9.17) is 0 Å². The standard InChI is InChI=1S/C15H12N4O3S/c20-12-4-3-9(6-13(12)21)8-16-19-15(22)11-7-10(17-18-11)14-2-1-5-23-14/h1-8,20-21H,(H,17,18)(H,19,22)/b16-8+. The monoisotopic (exact) mass is 328 g/mol. The molecule has 0 bridgehead atoms. The van der Waals surface area contributed by atoms with Crippen molar-refractivity contribution in [2.45, 2.75) is 0 Å². The van der Waals surface area contributed by atoms with Crippen molar-refractivity contribution in [2.24, 2.45) is 5.10 Å². The van der Waals surface area contributed by atoms with Crippen molar-refractivity contribution in [1.29, 1.82) is 0 Å². The lowest BCUT2D eigenvalue weighted by Gasteiger charge is -1.98. The van der Waals surface area contributed by atoms with E-state index >= 15 is 0 Å². The Morgan fingerprint density at radius 2 is 2.13 bits per heavy atom. The third kappa shape index (κ3) is 3.38. The van der Waals surface area contributed by atoms with E-state index in [1.165, 1.54) is 18.3 Å². The van der Waals surface area contributed by atoms with Crippen molar-refractivity contribution in [1.82, 2.24) is 15.6 Å². The number of aromatic hydroxyl groups is 2. The number of H-pyrrole nitrogens is 1. The van der Waals surface area contributed by atoms with E-state index in [1.54, 1.807) is 23.5 Å². The second-order valence-electron chi connectivity index (χ2n) is 4.59. The van der Waals surface area contributed by atoms with Gasteiger partial charge in [0.2, 0.25) is 0 Å². The van der Waals surface area contributed by atoms with Crippen LogP contribution in [0.1, 0.15) is 16.1 Å². The van der Waals surface area contributed by atoms with Crippen LogP contribution in [0.5, 0.6) is 11.5 Å². The lowest BCUT2D eigenvalue weighted by Crippen LogP contribution is -2.17. The van der Waals surface area contributed by atoms with Gasteiger partial charge < -0.3 is 10.2 Å². The van der Waals surface area contributed by atoms with Crippen molar-refractivity contribution >= 4 is 23.5 Å². The molecule has 8 heteroatoms. The van der Waals surface area contributed by atoms with Gasteiger partial charge in [-0.15, -0.1) is 11.3 Å². The average molecular weight is 328 g/mol. The second kappa shape index (κ2) is 6.32. The summed E-state index contributed by atoms with van der Waals surface area (Å²) in [4.78, 5) is 12.9. The molecule has 0 atom stereocenters. The number of rotatable bonds is 4. The largest absolute Gasteiger partial charge is 0.504 e. The van der Waals surface area contributed by atoms with Gasteiger partial charge in [0.15, 0.2) is 17.2 Å². The van der Waals surface area contributed by atoms with Crippen molar-refractivity contribution in [3.8, 4) is 22.1 Å². The van der Waals surface area contributed by atoms with E-state index in [-0.39, 0.29) is 17.2 Å². The molecule has 0 spiro atoms. The number of nitrogens with one attached hydrogen (secondary N) is 2. The maximum atomic E-state index is 11.9. The Morgan fingerprint density at radius 3 is 2.87 bits per heavy atom. The zero-order chi connectivity index (χ0) is 16.2. The first-order valence-electron chi connectivity index (χ1n) is 6.58. The number of carbonyl (C=O) groups is 1. The Balaban J connectivity index is 1.65. The highest BCUT2D eigenvalue weighted by molar-refractivity contribution is 7.13. The zero-order valence-electron chi connectivity index (χ0n) is 11.7. The summed E-state index contributed by atoms with van der Waals surface area (Å²) in [5, 5.41) is 31.1. The maximum Gasteiger partial charge on any atom is 0.291 e. The van der Waals surface area contributed by atoms with E-state index in [0.29, 0.717) is 5.56 Å². The molecule has 0 aliphatic carbocycles. The smallest absolute Gasteiger partial charge is 0.291 e. The van der Waals surface area contributed by atoms with Crippen LogP contribution in [-0.2, 0) is 0 Å². The zero-order valence-corrected chi connectivity index (χ0v) is 12.5. The van der Waals surface area contributed by atoms with Crippen LogP contribution in [0.3, 0.4) is 0 Å². The number of thiophene rings is 1. The molecule has 2 aromatic heterocycles. The molecular formula is C15H12N4O3S. The Bertz CT molecular complexity index is 855. The van der Waals surface area contributed by atoms with Gasteiger partial charge in [-0.2, -0.15) is 10.2 Å². The van der Waals surface area contributed by atoms with E-state index < -0.39 is 5.91 Å². The first-order chi connectivity index (χ1) is 11.1. The number of nitrogens with zero attached hydrogens (tertiary/aromatic N) is 2. The summed E-state index contributed by atoms with van der Waals surface area (Å²) in [5.74, 6) is -0.930. The van der Waals surface area contributed by atoms with Gasteiger partial charge in [-0.3, -0.25) is 9.89 Å². The molecule has 1 aromatic carbocycles. The molecule has 3 aromatic rings. The summed E-state index contributed by atoms with van der Waals surface area (Å²) >= 11 is 1.54. The molecule has 0 unspecified atom stereocenters. The van der Waals surface area contributed by atoms with Crippen molar-refractivity contribution < 1.29 is 15.0 Å². The minimum atomic E-state index is -0.455. The van der Waals surface area contributed by atoms with Gasteiger partial charge in [-0.1, -0.05) is 6.07 Å². The lowest BCUT2D eigenvalue weighted by molar-refractivity contribution is 0.0950. The van der Waals surface area contributed by atoms with Gasteiger partial charge in [0.25, 0.3) is 5.91 Å². The number of amides is 1. The Morgan fingerprint density at radius 1 is 1.26 bits per heavy atom. The number of aromatic nitrogens is 2. The summed E-state index contributed by atoms with van der Waals surface area (Å²) in [7, 11) is 0. The highest BCUT2D eigenvalue weighted by Crippen LogP contribution is 2.24. The third-order valence-electron chi connectivity index (χ3n) is 2.98. The lowest BCUT2D eigenvalue weighted by atomic mass is 10.2. The summed E-state index contributed by atoms with van der Waals surface area (Å²) < 4.78 is 0. The molecule has 7 nitrogen and oxygen atoms in total. The van der Waals surface area contributed by atoms with Crippen LogP contribution >= 0.6 is 11.3 Å². The molecule has 23 heavy (non-hydrogen) atoms. The highest BCUT2D eigenvalue weighted by atomic mass is 32.1. The molecule has 0 aliphatic heterocycles.